The van der Waals surface area contributed by atoms with Gasteiger partial charge in [-0.3, -0.25) is 9.59 Å². The van der Waals surface area contributed by atoms with Crippen molar-refractivity contribution in [1.82, 2.24) is 4.90 Å². The number of carbonyl (C=O) groups is 3. The number of Topliss-reactive ketones (excluding diaryl/α,β-unsaturated/α-hetero) is 1. The van der Waals surface area contributed by atoms with Crippen LogP contribution in [0.15, 0.2) is 0 Å². The van der Waals surface area contributed by atoms with E-state index in [0.29, 0.717) is 13.0 Å². The summed E-state index contributed by atoms with van der Waals surface area (Å²) < 4.78 is 10.4. The van der Waals surface area contributed by atoms with Crippen molar-refractivity contribution in [3.05, 3.63) is 0 Å². The fraction of sp³-hybridized carbons (Fsp3) is 0.800. The van der Waals surface area contributed by atoms with Gasteiger partial charge in [0.1, 0.15) is 17.3 Å². The van der Waals surface area contributed by atoms with Gasteiger partial charge in [0, 0.05) is 19.5 Å². The van der Waals surface area contributed by atoms with E-state index < -0.39 is 23.6 Å². The minimum Gasteiger partial charge on any atom is -0.462 e. The zero-order chi connectivity index (χ0) is 16.2. The number of rotatable bonds is 2. The summed E-state index contributed by atoms with van der Waals surface area (Å²) in [6.45, 7) is 9.22. The van der Waals surface area contributed by atoms with Gasteiger partial charge < -0.3 is 14.4 Å². The maximum Gasteiger partial charge on any atom is 0.410 e. The molecule has 6 heteroatoms. The second kappa shape index (κ2) is 6.91. The highest BCUT2D eigenvalue weighted by Gasteiger charge is 2.35. The average Bonchev–Trinajstić information content (AvgIpc) is 2.48. The number of ketones is 1. The van der Waals surface area contributed by atoms with Crippen molar-refractivity contribution in [2.75, 3.05) is 13.1 Å². The third-order valence-corrected chi connectivity index (χ3v) is 2.93. The smallest absolute Gasteiger partial charge is 0.410 e. The number of ether oxygens (including phenoxy) is 2. The Labute approximate surface area is 125 Å². The molecule has 0 aromatic rings. The third kappa shape index (κ3) is 5.73. The zero-order valence-corrected chi connectivity index (χ0v) is 13.5. The first-order chi connectivity index (χ1) is 9.60. The summed E-state index contributed by atoms with van der Waals surface area (Å²) in [5.41, 5.74) is -0.610. The van der Waals surface area contributed by atoms with E-state index in [-0.39, 0.29) is 24.9 Å². The normalized spacial score (nSPS) is 20.2. The SMILES string of the molecule is CC(C)OC(=O)C1CN(C(=O)OC(C)(C)C)CCCC1=O. The van der Waals surface area contributed by atoms with Crippen LogP contribution in [0.5, 0.6) is 0 Å². The van der Waals surface area contributed by atoms with E-state index in [2.05, 4.69) is 0 Å². The van der Waals surface area contributed by atoms with E-state index in [4.69, 9.17) is 9.47 Å². The van der Waals surface area contributed by atoms with Crippen molar-refractivity contribution in [2.45, 2.75) is 59.2 Å². The van der Waals surface area contributed by atoms with Crippen molar-refractivity contribution in [2.24, 2.45) is 5.92 Å². The van der Waals surface area contributed by atoms with Crippen molar-refractivity contribution >= 4 is 17.8 Å². The Morgan fingerprint density at radius 2 is 1.90 bits per heavy atom. The highest BCUT2D eigenvalue weighted by molar-refractivity contribution is 5.99. The van der Waals surface area contributed by atoms with Crippen LogP contribution in [0, 0.1) is 5.92 Å². The molecule has 0 spiro atoms. The fourth-order valence-corrected chi connectivity index (χ4v) is 2.04. The van der Waals surface area contributed by atoms with E-state index in [1.807, 2.05) is 0 Å². The standard InChI is InChI=1S/C15H25NO5/c1-10(2)20-13(18)11-9-16(8-6-7-12(11)17)14(19)21-15(3,4)5/h10-11H,6-9H2,1-5H3. The lowest BCUT2D eigenvalue weighted by atomic mass is 10.0. The van der Waals surface area contributed by atoms with E-state index in [1.165, 1.54) is 4.90 Å². The van der Waals surface area contributed by atoms with Crippen LogP contribution in [-0.4, -0.2) is 47.5 Å². The molecule has 0 aromatic carbocycles. The van der Waals surface area contributed by atoms with Gasteiger partial charge in [-0.1, -0.05) is 0 Å². The number of hydrogen-bond acceptors (Lipinski definition) is 5. The molecule has 120 valence electrons. The Morgan fingerprint density at radius 3 is 2.43 bits per heavy atom. The Morgan fingerprint density at radius 1 is 1.29 bits per heavy atom. The molecular weight excluding hydrogens is 274 g/mol. The maximum atomic E-state index is 12.1. The molecule has 1 atom stereocenters. The van der Waals surface area contributed by atoms with Crippen molar-refractivity contribution < 1.29 is 23.9 Å². The first-order valence-electron chi connectivity index (χ1n) is 7.31. The van der Waals surface area contributed by atoms with E-state index in [1.54, 1.807) is 34.6 Å². The number of hydrogen-bond donors (Lipinski definition) is 0. The summed E-state index contributed by atoms with van der Waals surface area (Å²) in [4.78, 5) is 37.5. The van der Waals surface area contributed by atoms with Gasteiger partial charge >= 0.3 is 12.1 Å². The maximum absolute atomic E-state index is 12.1. The highest BCUT2D eigenvalue weighted by atomic mass is 16.6. The number of likely N-dealkylation sites (tertiary alicyclic amines) is 1. The van der Waals surface area contributed by atoms with Gasteiger partial charge in [0.15, 0.2) is 0 Å². The monoisotopic (exact) mass is 299 g/mol. The van der Waals surface area contributed by atoms with Gasteiger partial charge in [-0.25, -0.2) is 4.79 Å². The molecule has 0 saturated carbocycles. The molecule has 21 heavy (non-hydrogen) atoms. The lowest BCUT2D eigenvalue weighted by molar-refractivity contribution is -0.155. The predicted octanol–water partition coefficient (Wildman–Crippen LogP) is 2.15. The topological polar surface area (TPSA) is 72.9 Å². The summed E-state index contributed by atoms with van der Waals surface area (Å²) in [6, 6.07) is 0. The molecule has 0 aliphatic carbocycles. The largest absolute Gasteiger partial charge is 0.462 e. The number of esters is 1. The zero-order valence-electron chi connectivity index (χ0n) is 13.5. The average molecular weight is 299 g/mol. The van der Waals surface area contributed by atoms with Crippen molar-refractivity contribution in [3.8, 4) is 0 Å². The Bertz CT molecular complexity index is 411. The van der Waals surface area contributed by atoms with E-state index in [9.17, 15) is 14.4 Å². The molecule has 1 unspecified atom stereocenters. The fourth-order valence-electron chi connectivity index (χ4n) is 2.04. The molecule has 1 amide bonds. The van der Waals surface area contributed by atoms with Gasteiger partial charge in [-0.15, -0.1) is 0 Å². The van der Waals surface area contributed by atoms with Crippen LogP contribution in [0.3, 0.4) is 0 Å². The molecule has 0 N–H and O–H groups in total. The third-order valence-electron chi connectivity index (χ3n) is 2.93. The molecule has 1 aliphatic heterocycles. The first-order valence-corrected chi connectivity index (χ1v) is 7.31. The van der Waals surface area contributed by atoms with E-state index >= 15 is 0 Å². The van der Waals surface area contributed by atoms with Crippen LogP contribution in [0.2, 0.25) is 0 Å². The molecular formula is C15H25NO5. The van der Waals surface area contributed by atoms with Crippen LogP contribution in [-0.2, 0) is 19.1 Å². The number of amides is 1. The van der Waals surface area contributed by atoms with Gasteiger partial charge in [0.2, 0.25) is 0 Å². The molecule has 1 rings (SSSR count). The van der Waals surface area contributed by atoms with Crippen molar-refractivity contribution in [1.29, 1.82) is 0 Å². The molecule has 1 fully saturated rings. The molecule has 0 aromatic heterocycles. The summed E-state index contributed by atoms with van der Waals surface area (Å²) >= 11 is 0. The summed E-state index contributed by atoms with van der Waals surface area (Å²) in [7, 11) is 0. The predicted molar refractivity (Wildman–Crippen MR) is 76.8 cm³/mol. The van der Waals surface area contributed by atoms with Crippen LogP contribution in [0.25, 0.3) is 0 Å². The van der Waals surface area contributed by atoms with Crippen molar-refractivity contribution in [3.63, 3.8) is 0 Å². The Kier molecular flexibility index (Phi) is 5.75. The van der Waals surface area contributed by atoms with Crippen LogP contribution in [0.1, 0.15) is 47.5 Å². The second-order valence-corrected chi connectivity index (χ2v) is 6.53. The molecule has 0 radical (unpaired) electrons. The summed E-state index contributed by atoms with van der Waals surface area (Å²) in [5.74, 6) is -1.65. The minimum atomic E-state index is -0.914. The number of nitrogens with zero attached hydrogens (tertiary/aromatic N) is 1. The first kappa shape index (κ1) is 17.5. The lowest BCUT2D eigenvalue weighted by Crippen LogP contribution is -2.42. The lowest BCUT2D eigenvalue weighted by Gasteiger charge is -2.27. The molecule has 1 saturated heterocycles. The Hall–Kier alpha value is -1.59. The number of carbonyl (C=O) groups excluding carboxylic acids is 3. The van der Waals surface area contributed by atoms with Gasteiger partial charge in [0.25, 0.3) is 0 Å². The Balaban J connectivity index is 2.78. The summed E-state index contributed by atoms with van der Waals surface area (Å²) in [5, 5.41) is 0. The second-order valence-electron chi connectivity index (χ2n) is 6.53. The quantitative estimate of drug-likeness (QED) is 0.577. The van der Waals surface area contributed by atoms with Crippen LogP contribution in [0.4, 0.5) is 4.79 Å². The highest BCUT2D eigenvalue weighted by Crippen LogP contribution is 2.18. The molecule has 1 heterocycles. The van der Waals surface area contributed by atoms with Crippen LogP contribution >= 0.6 is 0 Å². The van der Waals surface area contributed by atoms with E-state index in [0.717, 1.165) is 0 Å². The van der Waals surface area contributed by atoms with Gasteiger partial charge in [-0.2, -0.15) is 0 Å². The van der Waals surface area contributed by atoms with Gasteiger partial charge in [0.05, 0.1) is 6.10 Å². The minimum absolute atomic E-state index is 0.0271. The summed E-state index contributed by atoms with van der Waals surface area (Å²) in [6.07, 6.45) is 0.0174. The molecule has 1 aliphatic rings. The molecule has 0 bridgehead atoms. The van der Waals surface area contributed by atoms with Crippen LogP contribution < -0.4 is 0 Å². The molecule has 6 nitrogen and oxygen atoms in total. The van der Waals surface area contributed by atoms with Gasteiger partial charge in [-0.05, 0) is 41.0 Å².